The quantitative estimate of drug-likeness (QED) is 0.733. The molecule has 1 aromatic heterocycles. The number of alkyl halides is 3. The van der Waals surface area contributed by atoms with Gasteiger partial charge in [0.05, 0.1) is 16.1 Å². The van der Waals surface area contributed by atoms with Gasteiger partial charge in [-0.05, 0) is 18.1 Å². The van der Waals surface area contributed by atoms with Crippen molar-refractivity contribution in [1.29, 1.82) is 0 Å². The number of carbonyl (C=O) groups is 1. The summed E-state index contributed by atoms with van der Waals surface area (Å²) in [7, 11) is 0. The number of hydrogen-bond donors (Lipinski definition) is 0. The number of thiazole rings is 1. The molecular weight excluding hydrogens is 299 g/mol. The summed E-state index contributed by atoms with van der Waals surface area (Å²) in [5.74, 6) is 0.0118. The zero-order chi connectivity index (χ0) is 15.8. The molecule has 2 rings (SSSR count). The number of aromatic nitrogens is 1. The van der Waals surface area contributed by atoms with Crippen LogP contribution in [0.5, 0.6) is 0 Å². The van der Waals surface area contributed by atoms with Crippen LogP contribution in [0.3, 0.4) is 0 Å². The number of hydrogen-bond acceptors (Lipinski definition) is 3. The highest BCUT2D eigenvalue weighted by atomic mass is 32.1. The van der Waals surface area contributed by atoms with E-state index in [2.05, 4.69) is 4.98 Å². The second-order valence-corrected chi connectivity index (χ2v) is 6.02. The number of rotatable bonds is 3. The summed E-state index contributed by atoms with van der Waals surface area (Å²) in [5, 5.41) is 0.567. The molecule has 0 atom stereocenters. The minimum absolute atomic E-state index is 0.0747. The van der Waals surface area contributed by atoms with Crippen LogP contribution in [-0.4, -0.2) is 10.8 Å². The largest absolute Gasteiger partial charge is 0.416 e. The molecule has 0 radical (unpaired) electrons. The van der Waals surface area contributed by atoms with Gasteiger partial charge >= 0.3 is 6.18 Å². The third-order valence-corrected chi connectivity index (χ3v) is 4.20. The van der Waals surface area contributed by atoms with E-state index in [0.717, 1.165) is 12.1 Å². The van der Waals surface area contributed by atoms with E-state index in [-0.39, 0.29) is 11.7 Å². The van der Waals surface area contributed by atoms with E-state index in [1.165, 1.54) is 30.4 Å². The van der Waals surface area contributed by atoms with Crippen LogP contribution in [0.4, 0.5) is 13.2 Å². The zero-order valence-electron chi connectivity index (χ0n) is 11.8. The standard InChI is InChI=1S/C15H14F3NOS/c1-8(2)12-13(9(3)20)21-14(19-12)10-4-6-11(7-5-10)15(16,17)18/h4-8H,1-3H3. The number of halogens is 3. The summed E-state index contributed by atoms with van der Waals surface area (Å²) in [6.45, 7) is 5.33. The van der Waals surface area contributed by atoms with Gasteiger partial charge in [0.25, 0.3) is 0 Å². The van der Waals surface area contributed by atoms with Gasteiger partial charge in [0, 0.05) is 12.5 Å². The molecule has 0 amide bonds. The van der Waals surface area contributed by atoms with Crippen LogP contribution in [0.15, 0.2) is 24.3 Å². The van der Waals surface area contributed by atoms with Crippen LogP contribution >= 0.6 is 11.3 Å². The maximum atomic E-state index is 12.5. The highest BCUT2D eigenvalue weighted by Gasteiger charge is 2.30. The third-order valence-electron chi connectivity index (χ3n) is 2.98. The Hall–Kier alpha value is -1.69. The van der Waals surface area contributed by atoms with E-state index in [9.17, 15) is 18.0 Å². The van der Waals surface area contributed by atoms with E-state index in [1.807, 2.05) is 13.8 Å². The SMILES string of the molecule is CC(=O)c1sc(-c2ccc(C(F)(F)F)cc2)nc1C(C)C. The molecule has 1 aromatic carbocycles. The van der Waals surface area contributed by atoms with Crippen LogP contribution < -0.4 is 0 Å². The molecule has 0 spiro atoms. The van der Waals surface area contributed by atoms with E-state index >= 15 is 0 Å². The number of benzene rings is 1. The first-order chi connectivity index (χ1) is 9.70. The molecule has 0 aliphatic heterocycles. The maximum absolute atomic E-state index is 12.5. The summed E-state index contributed by atoms with van der Waals surface area (Å²) in [6, 6.07) is 4.82. The zero-order valence-corrected chi connectivity index (χ0v) is 12.6. The summed E-state index contributed by atoms with van der Waals surface area (Å²) in [4.78, 5) is 16.6. The lowest BCUT2D eigenvalue weighted by atomic mass is 10.1. The molecule has 0 saturated heterocycles. The second kappa shape index (κ2) is 5.60. The van der Waals surface area contributed by atoms with Crippen LogP contribution in [0.25, 0.3) is 10.6 Å². The summed E-state index contributed by atoms with van der Waals surface area (Å²) >= 11 is 1.22. The lowest BCUT2D eigenvalue weighted by Gasteiger charge is -2.06. The Morgan fingerprint density at radius 2 is 1.76 bits per heavy atom. The van der Waals surface area contributed by atoms with Gasteiger partial charge in [0.1, 0.15) is 5.01 Å². The van der Waals surface area contributed by atoms with Crippen molar-refractivity contribution < 1.29 is 18.0 Å². The predicted molar refractivity (Wildman–Crippen MR) is 76.6 cm³/mol. The monoisotopic (exact) mass is 313 g/mol. The maximum Gasteiger partial charge on any atom is 0.416 e. The van der Waals surface area contributed by atoms with Gasteiger partial charge < -0.3 is 0 Å². The van der Waals surface area contributed by atoms with Crippen molar-refractivity contribution >= 4 is 17.1 Å². The van der Waals surface area contributed by atoms with Crippen LogP contribution in [0, 0.1) is 0 Å². The van der Waals surface area contributed by atoms with Gasteiger partial charge in [-0.2, -0.15) is 13.2 Å². The number of nitrogens with zero attached hydrogens (tertiary/aromatic N) is 1. The first kappa shape index (κ1) is 15.7. The van der Waals surface area contributed by atoms with Crippen molar-refractivity contribution in [2.75, 3.05) is 0 Å². The van der Waals surface area contributed by atoms with Crippen LogP contribution in [-0.2, 0) is 6.18 Å². The normalized spacial score (nSPS) is 12.0. The average molecular weight is 313 g/mol. The van der Waals surface area contributed by atoms with Crippen molar-refractivity contribution in [2.45, 2.75) is 32.9 Å². The molecule has 2 aromatic rings. The van der Waals surface area contributed by atoms with Gasteiger partial charge in [-0.15, -0.1) is 11.3 Å². The van der Waals surface area contributed by atoms with E-state index in [4.69, 9.17) is 0 Å². The number of carbonyl (C=O) groups excluding carboxylic acids is 1. The van der Waals surface area contributed by atoms with E-state index in [0.29, 0.717) is 21.1 Å². The molecule has 0 N–H and O–H groups in total. The Labute approximate surface area is 124 Å². The lowest BCUT2D eigenvalue weighted by molar-refractivity contribution is -0.137. The first-order valence-electron chi connectivity index (χ1n) is 6.39. The van der Waals surface area contributed by atoms with Gasteiger partial charge in [0.2, 0.25) is 0 Å². The molecule has 0 fully saturated rings. The Bertz CT molecular complexity index is 657. The van der Waals surface area contributed by atoms with E-state index < -0.39 is 11.7 Å². The molecule has 1 heterocycles. The third kappa shape index (κ3) is 3.32. The highest BCUT2D eigenvalue weighted by molar-refractivity contribution is 7.17. The van der Waals surface area contributed by atoms with Gasteiger partial charge in [-0.3, -0.25) is 4.79 Å². The van der Waals surface area contributed by atoms with Gasteiger partial charge in [0.15, 0.2) is 5.78 Å². The number of Topliss-reactive ketones (excluding diaryl/α,β-unsaturated/α-hetero) is 1. The molecule has 21 heavy (non-hydrogen) atoms. The molecule has 0 bridgehead atoms. The number of ketones is 1. The summed E-state index contributed by atoms with van der Waals surface area (Å²) in [5.41, 5.74) is 0.587. The summed E-state index contributed by atoms with van der Waals surface area (Å²) in [6.07, 6.45) is -4.35. The average Bonchev–Trinajstić information content (AvgIpc) is 2.83. The Morgan fingerprint density at radius 1 is 1.19 bits per heavy atom. The Morgan fingerprint density at radius 3 is 2.14 bits per heavy atom. The van der Waals surface area contributed by atoms with Crippen molar-refractivity contribution in [3.05, 3.63) is 40.4 Å². The lowest BCUT2D eigenvalue weighted by Crippen LogP contribution is -2.03. The molecule has 6 heteroatoms. The molecule has 0 aliphatic rings. The van der Waals surface area contributed by atoms with E-state index in [1.54, 1.807) is 0 Å². The molecule has 2 nitrogen and oxygen atoms in total. The van der Waals surface area contributed by atoms with Crippen LogP contribution in [0.1, 0.15) is 47.6 Å². The van der Waals surface area contributed by atoms with Gasteiger partial charge in [-0.1, -0.05) is 26.0 Å². The topological polar surface area (TPSA) is 30.0 Å². The first-order valence-corrected chi connectivity index (χ1v) is 7.21. The van der Waals surface area contributed by atoms with Crippen molar-refractivity contribution in [1.82, 2.24) is 4.98 Å². The fourth-order valence-corrected chi connectivity index (χ4v) is 3.02. The fraction of sp³-hybridized carbons (Fsp3) is 0.333. The van der Waals surface area contributed by atoms with Crippen molar-refractivity contribution in [3.63, 3.8) is 0 Å². The molecule has 0 unspecified atom stereocenters. The second-order valence-electron chi connectivity index (χ2n) is 5.02. The minimum Gasteiger partial charge on any atom is -0.294 e. The smallest absolute Gasteiger partial charge is 0.294 e. The van der Waals surface area contributed by atoms with Crippen molar-refractivity contribution in [2.24, 2.45) is 0 Å². The molecule has 112 valence electrons. The fourth-order valence-electron chi connectivity index (χ4n) is 1.90. The molecule has 0 aliphatic carbocycles. The molecular formula is C15H14F3NOS. The molecule has 0 saturated carbocycles. The predicted octanol–water partition coefficient (Wildman–Crippen LogP) is 5.15. The summed E-state index contributed by atoms with van der Waals surface area (Å²) < 4.78 is 37.6. The Kier molecular flexibility index (Phi) is 4.18. The minimum atomic E-state index is -4.35. The van der Waals surface area contributed by atoms with Gasteiger partial charge in [-0.25, -0.2) is 4.98 Å². The highest BCUT2D eigenvalue weighted by Crippen LogP contribution is 2.34. The Balaban J connectivity index is 2.43. The van der Waals surface area contributed by atoms with Crippen LogP contribution in [0.2, 0.25) is 0 Å². The van der Waals surface area contributed by atoms with Crippen molar-refractivity contribution in [3.8, 4) is 10.6 Å².